The highest BCUT2D eigenvalue weighted by atomic mass is 35.5. The van der Waals surface area contributed by atoms with E-state index in [-0.39, 0.29) is 29.9 Å². The van der Waals surface area contributed by atoms with Crippen LogP contribution in [0.15, 0.2) is 42.5 Å². The van der Waals surface area contributed by atoms with Crippen molar-refractivity contribution in [2.24, 2.45) is 0 Å². The number of carbonyl (C=O) groups is 2. The van der Waals surface area contributed by atoms with E-state index in [1.54, 1.807) is 31.2 Å². The predicted molar refractivity (Wildman–Crippen MR) is 113 cm³/mol. The second-order valence-corrected chi connectivity index (χ2v) is 7.96. The maximum Gasteiger partial charge on any atom is 0.242 e. The van der Waals surface area contributed by atoms with E-state index in [0.717, 1.165) is 5.56 Å². The monoisotopic (exact) mass is 442 g/mol. The topological polar surface area (TPSA) is 49.4 Å². The van der Waals surface area contributed by atoms with Crippen molar-refractivity contribution in [3.63, 3.8) is 0 Å². The molecule has 150 valence electrons. The van der Waals surface area contributed by atoms with E-state index in [2.05, 4.69) is 5.32 Å². The highest BCUT2D eigenvalue weighted by molar-refractivity contribution is 7.99. The lowest BCUT2D eigenvalue weighted by Crippen LogP contribution is -2.47. The summed E-state index contributed by atoms with van der Waals surface area (Å²) in [5, 5.41) is 3.45. The lowest BCUT2D eigenvalue weighted by Gasteiger charge is -2.28. The molecule has 28 heavy (non-hydrogen) atoms. The Morgan fingerprint density at radius 2 is 1.93 bits per heavy atom. The fourth-order valence-corrected chi connectivity index (χ4v) is 4.08. The Morgan fingerprint density at radius 1 is 1.21 bits per heavy atom. The van der Waals surface area contributed by atoms with Crippen LogP contribution < -0.4 is 5.32 Å². The first-order chi connectivity index (χ1) is 13.3. The minimum absolute atomic E-state index is 0.0898. The zero-order chi connectivity index (χ0) is 20.7. The predicted octanol–water partition coefficient (Wildman–Crippen LogP) is 4.53. The van der Waals surface area contributed by atoms with Gasteiger partial charge in [-0.2, -0.15) is 0 Å². The van der Waals surface area contributed by atoms with Gasteiger partial charge in [0.2, 0.25) is 11.8 Å². The molecule has 4 nitrogen and oxygen atoms in total. The number of carbonyl (C=O) groups excluding carboxylic acids is 2. The third kappa shape index (κ3) is 6.12. The summed E-state index contributed by atoms with van der Waals surface area (Å²) < 4.78 is 13.9. The number of likely N-dealkylation sites (N-methyl/N-ethyl adjacent to an activating group) is 1. The maximum absolute atomic E-state index is 13.9. The number of nitrogens with one attached hydrogen (secondary N) is 1. The van der Waals surface area contributed by atoms with Gasteiger partial charge in [-0.05, 0) is 36.8 Å². The fraction of sp³-hybridized carbons (Fsp3) is 0.300. The summed E-state index contributed by atoms with van der Waals surface area (Å²) in [4.78, 5) is 26.4. The zero-order valence-corrected chi connectivity index (χ0v) is 17.9. The van der Waals surface area contributed by atoms with Crippen molar-refractivity contribution < 1.29 is 14.0 Å². The molecule has 0 unspecified atom stereocenters. The van der Waals surface area contributed by atoms with Gasteiger partial charge < -0.3 is 10.2 Å². The summed E-state index contributed by atoms with van der Waals surface area (Å²) >= 11 is 13.3. The molecule has 0 spiro atoms. The minimum Gasteiger partial charge on any atom is -0.357 e. The van der Waals surface area contributed by atoms with Crippen LogP contribution in [0, 0.1) is 5.82 Å². The van der Waals surface area contributed by atoms with Gasteiger partial charge in [-0.25, -0.2) is 4.39 Å². The molecule has 0 aromatic heterocycles. The van der Waals surface area contributed by atoms with Crippen LogP contribution in [0.2, 0.25) is 10.0 Å². The van der Waals surface area contributed by atoms with Crippen LogP contribution in [0.1, 0.15) is 18.1 Å². The van der Waals surface area contributed by atoms with Crippen LogP contribution in [0.25, 0.3) is 0 Å². The quantitative estimate of drug-likeness (QED) is 0.653. The van der Waals surface area contributed by atoms with Gasteiger partial charge in [0.1, 0.15) is 11.9 Å². The standard InChI is InChI=1S/C20H21Cl2FN2O2S/c1-13(20(27)24-2)25(10-14-5-3-6-15(21)9-14)19(26)12-28-11-16-17(22)7-4-8-18(16)23/h3-9,13H,10-12H2,1-2H3,(H,24,27)/t13-/m1/s1. The molecule has 8 heteroatoms. The number of hydrogen-bond acceptors (Lipinski definition) is 3. The highest BCUT2D eigenvalue weighted by Gasteiger charge is 2.25. The molecule has 1 atom stereocenters. The molecule has 0 saturated carbocycles. The van der Waals surface area contributed by atoms with Gasteiger partial charge in [0.25, 0.3) is 0 Å². The minimum atomic E-state index is -0.658. The Kier molecular flexibility index (Phi) is 8.60. The Hall–Kier alpha value is -1.76. The molecule has 1 N–H and O–H groups in total. The van der Waals surface area contributed by atoms with Gasteiger partial charge in [-0.15, -0.1) is 11.8 Å². The zero-order valence-electron chi connectivity index (χ0n) is 15.5. The van der Waals surface area contributed by atoms with Gasteiger partial charge in [-0.3, -0.25) is 9.59 Å². The van der Waals surface area contributed by atoms with Crippen molar-refractivity contribution in [2.45, 2.75) is 25.3 Å². The average molecular weight is 443 g/mol. The molecular formula is C20H21Cl2FN2O2S. The molecule has 0 saturated heterocycles. The number of hydrogen-bond donors (Lipinski definition) is 1. The van der Waals surface area contributed by atoms with Gasteiger partial charge in [0.05, 0.1) is 5.75 Å². The van der Waals surface area contributed by atoms with Gasteiger partial charge in [0, 0.05) is 35.0 Å². The molecule has 2 amide bonds. The Bertz CT molecular complexity index is 830. The normalized spacial score (nSPS) is 11.8. The van der Waals surface area contributed by atoms with Crippen molar-refractivity contribution in [1.29, 1.82) is 0 Å². The number of benzene rings is 2. The first-order valence-corrected chi connectivity index (χ1v) is 10.5. The second kappa shape index (κ2) is 10.7. The Balaban J connectivity index is 2.08. The summed E-state index contributed by atoms with van der Waals surface area (Å²) in [5.74, 6) is -0.545. The van der Waals surface area contributed by atoms with Crippen LogP contribution in [-0.2, 0) is 21.9 Å². The molecule has 2 aromatic rings. The van der Waals surface area contributed by atoms with E-state index in [9.17, 15) is 14.0 Å². The molecule has 0 bridgehead atoms. The molecule has 2 aromatic carbocycles. The fourth-order valence-electron chi connectivity index (χ4n) is 2.62. The summed E-state index contributed by atoms with van der Waals surface area (Å²) in [7, 11) is 1.52. The van der Waals surface area contributed by atoms with Crippen molar-refractivity contribution in [1.82, 2.24) is 10.2 Å². The third-order valence-electron chi connectivity index (χ3n) is 4.19. The van der Waals surface area contributed by atoms with E-state index in [1.165, 1.54) is 35.8 Å². The van der Waals surface area contributed by atoms with Gasteiger partial charge in [0.15, 0.2) is 0 Å². The largest absolute Gasteiger partial charge is 0.357 e. The van der Waals surface area contributed by atoms with Crippen LogP contribution in [0.4, 0.5) is 4.39 Å². The van der Waals surface area contributed by atoms with E-state index in [0.29, 0.717) is 15.6 Å². The van der Waals surface area contributed by atoms with E-state index >= 15 is 0 Å². The van der Waals surface area contributed by atoms with Crippen LogP contribution in [0.5, 0.6) is 0 Å². The SMILES string of the molecule is CNC(=O)[C@@H](C)N(Cc1cccc(Cl)c1)C(=O)CSCc1c(F)cccc1Cl. The van der Waals surface area contributed by atoms with E-state index < -0.39 is 11.9 Å². The molecule has 0 radical (unpaired) electrons. The lowest BCUT2D eigenvalue weighted by atomic mass is 10.1. The molecule has 0 aliphatic carbocycles. The van der Waals surface area contributed by atoms with Gasteiger partial charge >= 0.3 is 0 Å². The molecule has 2 rings (SSSR count). The third-order valence-corrected chi connectivity index (χ3v) is 5.72. The second-order valence-electron chi connectivity index (χ2n) is 6.13. The summed E-state index contributed by atoms with van der Waals surface area (Å²) in [5.41, 5.74) is 1.18. The van der Waals surface area contributed by atoms with Crippen LogP contribution >= 0.6 is 35.0 Å². The average Bonchev–Trinajstić information content (AvgIpc) is 2.67. The van der Waals surface area contributed by atoms with E-state index in [4.69, 9.17) is 23.2 Å². The van der Waals surface area contributed by atoms with Crippen molar-refractivity contribution in [2.75, 3.05) is 12.8 Å². The summed E-state index contributed by atoms with van der Waals surface area (Å²) in [6.07, 6.45) is 0. The number of halogens is 3. The number of thioether (sulfide) groups is 1. The van der Waals surface area contributed by atoms with E-state index in [1.807, 2.05) is 6.07 Å². The van der Waals surface area contributed by atoms with Crippen molar-refractivity contribution >= 4 is 46.8 Å². The number of rotatable bonds is 8. The lowest BCUT2D eigenvalue weighted by molar-refractivity contribution is -0.138. The first-order valence-electron chi connectivity index (χ1n) is 8.59. The van der Waals surface area contributed by atoms with Crippen LogP contribution in [-0.4, -0.2) is 35.6 Å². The number of amides is 2. The Morgan fingerprint density at radius 3 is 2.57 bits per heavy atom. The van der Waals surface area contributed by atoms with Crippen LogP contribution in [0.3, 0.4) is 0 Å². The molecule has 0 aliphatic heterocycles. The molecule has 0 aliphatic rings. The smallest absolute Gasteiger partial charge is 0.242 e. The van der Waals surface area contributed by atoms with Crippen molar-refractivity contribution in [3.8, 4) is 0 Å². The summed E-state index contributed by atoms with van der Waals surface area (Å²) in [6, 6.07) is 11.0. The molecule has 0 heterocycles. The van der Waals surface area contributed by atoms with Crippen molar-refractivity contribution in [3.05, 3.63) is 69.5 Å². The maximum atomic E-state index is 13.9. The number of nitrogens with zero attached hydrogens (tertiary/aromatic N) is 1. The highest BCUT2D eigenvalue weighted by Crippen LogP contribution is 2.24. The Labute approximate surface area is 178 Å². The van der Waals surface area contributed by atoms with Gasteiger partial charge in [-0.1, -0.05) is 41.4 Å². The molecular weight excluding hydrogens is 422 g/mol. The summed E-state index contributed by atoms with van der Waals surface area (Å²) in [6.45, 7) is 1.91. The molecule has 0 fully saturated rings. The first kappa shape index (κ1) is 22.5.